The first-order valence-electron chi connectivity index (χ1n) is 5.83. The Morgan fingerprint density at radius 1 is 1.41 bits per heavy atom. The second kappa shape index (κ2) is 5.79. The third-order valence-electron chi connectivity index (χ3n) is 3.01. The van der Waals surface area contributed by atoms with Gasteiger partial charge in [-0.2, -0.15) is 17.0 Å². The van der Waals surface area contributed by atoms with E-state index in [2.05, 4.69) is 4.74 Å². The van der Waals surface area contributed by atoms with Crippen LogP contribution in [0.2, 0.25) is 0 Å². The maximum absolute atomic E-state index is 12.3. The van der Waals surface area contributed by atoms with Crippen molar-refractivity contribution in [1.82, 2.24) is 8.61 Å². The molecule has 1 rings (SSSR count). The number of esters is 1. The molecule has 0 radical (unpaired) electrons. The van der Waals surface area contributed by atoms with Gasteiger partial charge in [0, 0.05) is 19.6 Å². The van der Waals surface area contributed by atoms with Crippen LogP contribution in [0.4, 0.5) is 0 Å². The third-order valence-corrected chi connectivity index (χ3v) is 5.20. The van der Waals surface area contributed by atoms with E-state index < -0.39 is 22.2 Å². The molecule has 1 aliphatic heterocycles. The van der Waals surface area contributed by atoms with Gasteiger partial charge in [-0.15, -0.1) is 0 Å². The molecule has 0 aromatic rings. The topological polar surface area (TPSA) is 66.9 Å². The van der Waals surface area contributed by atoms with Gasteiger partial charge in [0.2, 0.25) is 0 Å². The summed E-state index contributed by atoms with van der Waals surface area (Å²) in [5.74, 6) is -0.474. The lowest BCUT2D eigenvalue weighted by Crippen LogP contribution is -2.48. The monoisotopic (exact) mass is 264 g/mol. The summed E-state index contributed by atoms with van der Waals surface area (Å²) in [6, 6.07) is -0.661. The van der Waals surface area contributed by atoms with Crippen molar-refractivity contribution >= 4 is 16.2 Å². The maximum atomic E-state index is 12.3. The molecule has 0 spiro atoms. The fraction of sp³-hybridized carbons (Fsp3) is 0.900. The van der Waals surface area contributed by atoms with Crippen LogP contribution in [0, 0.1) is 0 Å². The number of hydrogen-bond acceptors (Lipinski definition) is 4. The first kappa shape index (κ1) is 14.4. The molecule has 100 valence electrons. The molecule has 0 amide bonds. The minimum absolute atomic E-state index is 0.387. The van der Waals surface area contributed by atoms with E-state index in [1.807, 2.05) is 0 Å². The van der Waals surface area contributed by atoms with Crippen LogP contribution in [0.3, 0.4) is 0 Å². The summed E-state index contributed by atoms with van der Waals surface area (Å²) in [6.45, 7) is 4.76. The summed E-state index contributed by atoms with van der Waals surface area (Å²) in [7, 11) is -2.26. The Bertz CT molecular complexity index is 365. The van der Waals surface area contributed by atoms with E-state index in [1.54, 1.807) is 13.8 Å². The number of hydrogen-bond donors (Lipinski definition) is 0. The fourth-order valence-electron chi connectivity index (χ4n) is 2.09. The van der Waals surface area contributed by atoms with Crippen LogP contribution in [-0.2, 0) is 19.7 Å². The van der Waals surface area contributed by atoms with Crippen LogP contribution in [0.25, 0.3) is 0 Å². The van der Waals surface area contributed by atoms with Crippen LogP contribution in [0.15, 0.2) is 0 Å². The van der Waals surface area contributed by atoms with Crippen molar-refractivity contribution in [2.24, 2.45) is 0 Å². The SMILES string of the molecule is CCN(CC)S(=O)(=O)N1CCCC1C(=O)OC. The van der Waals surface area contributed by atoms with Crippen molar-refractivity contribution < 1.29 is 17.9 Å². The molecular formula is C10H20N2O4S. The molecule has 1 atom stereocenters. The van der Waals surface area contributed by atoms with Crippen molar-refractivity contribution in [2.45, 2.75) is 32.7 Å². The lowest BCUT2D eigenvalue weighted by atomic mass is 10.2. The first-order chi connectivity index (χ1) is 7.98. The van der Waals surface area contributed by atoms with Crippen LogP contribution in [0.5, 0.6) is 0 Å². The molecule has 1 unspecified atom stereocenters. The molecule has 1 heterocycles. The number of methoxy groups -OCH3 is 1. The number of ether oxygens (including phenoxy) is 1. The zero-order valence-corrected chi connectivity index (χ0v) is 11.4. The molecule has 1 saturated heterocycles. The second-order valence-electron chi connectivity index (χ2n) is 3.88. The van der Waals surface area contributed by atoms with E-state index in [4.69, 9.17) is 0 Å². The van der Waals surface area contributed by atoms with Crippen molar-refractivity contribution in [3.8, 4) is 0 Å². The predicted octanol–water partition coefficient (Wildman–Crippen LogP) is 0.210. The molecule has 6 nitrogen and oxygen atoms in total. The minimum Gasteiger partial charge on any atom is -0.468 e. The summed E-state index contributed by atoms with van der Waals surface area (Å²) >= 11 is 0. The van der Waals surface area contributed by atoms with E-state index in [9.17, 15) is 13.2 Å². The Balaban J connectivity index is 2.94. The van der Waals surface area contributed by atoms with Crippen molar-refractivity contribution in [3.05, 3.63) is 0 Å². The Hall–Kier alpha value is -0.660. The smallest absolute Gasteiger partial charge is 0.324 e. The highest BCUT2D eigenvalue weighted by atomic mass is 32.2. The van der Waals surface area contributed by atoms with Crippen LogP contribution >= 0.6 is 0 Å². The number of carbonyl (C=O) groups is 1. The summed E-state index contributed by atoms with van der Waals surface area (Å²) < 4.78 is 31.8. The van der Waals surface area contributed by atoms with Gasteiger partial charge in [0.15, 0.2) is 0 Å². The molecule has 7 heteroatoms. The highest BCUT2D eigenvalue weighted by molar-refractivity contribution is 7.86. The zero-order chi connectivity index (χ0) is 13.1. The summed E-state index contributed by atoms with van der Waals surface area (Å²) in [5, 5.41) is 0. The number of nitrogens with zero attached hydrogens (tertiary/aromatic N) is 2. The second-order valence-corrected chi connectivity index (χ2v) is 5.77. The molecule has 0 aromatic carbocycles. The van der Waals surface area contributed by atoms with Crippen LogP contribution in [-0.4, -0.2) is 55.8 Å². The average molecular weight is 264 g/mol. The largest absolute Gasteiger partial charge is 0.468 e. The van der Waals surface area contributed by atoms with Gasteiger partial charge >= 0.3 is 5.97 Å². The molecule has 1 fully saturated rings. The van der Waals surface area contributed by atoms with Gasteiger partial charge < -0.3 is 4.74 Å². The zero-order valence-electron chi connectivity index (χ0n) is 10.5. The van der Waals surface area contributed by atoms with E-state index in [0.717, 1.165) is 0 Å². The van der Waals surface area contributed by atoms with Gasteiger partial charge in [0.1, 0.15) is 6.04 Å². The molecule has 1 aliphatic rings. The van der Waals surface area contributed by atoms with Crippen molar-refractivity contribution in [2.75, 3.05) is 26.7 Å². The molecule has 17 heavy (non-hydrogen) atoms. The van der Waals surface area contributed by atoms with Crippen LogP contribution < -0.4 is 0 Å². The molecule has 0 aliphatic carbocycles. The molecular weight excluding hydrogens is 244 g/mol. The molecule has 0 aromatic heterocycles. The predicted molar refractivity (Wildman–Crippen MR) is 63.6 cm³/mol. The van der Waals surface area contributed by atoms with Crippen molar-refractivity contribution in [3.63, 3.8) is 0 Å². The first-order valence-corrected chi connectivity index (χ1v) is 7.23. The van der Waals surface area contributed by atoms with Gasteiger partial charge in [0.25, 0.3) is 10.2 Å². The number of carbonyl (C=O) groups excluding carboxylic acids is 1. The quantitative estimate of drug-likeness (QED) is 0.666. The Morgan fingerprint density at radius 2 is 2.00 bits per heavy atom. The lowest BCUT2D eigenvalue weighted by Gasteiger charge is -2.28. The van der Waals surface area contributed by atoms with Gasteiger partial charge in [-0.05, 0) is 12.8 Å². The average Bonchev–Trinajstić information content (AvgIpc) is 2.78. The number of rotatable bonds is 5. The van der Waals surface area contributed by atoms with Gasteiger partial charge in [-0.1, -0.05) is 13.8 Å². The summed E-state index contributed by atoms with van der Waals surface area (Å²) in [4.78, 5) is 11.5. The maximum Gasteiger partial charge on any atom is 0.324 e. The molecule has 0 saturated carbocycles. The minimum atomic E-state index is -3.54. The van der Waals surface area contributed by atoms with E-state index >= 15 is 0 Å². The van der Waals surface area contributed by atoms with Crippen molar-refractivity contribution in [1.29, 1.82) is 0 Å². The lowest BCUT2D eigenvalue weighted by molar-refractivity contribution is -0.144. The Kier molecular flexibility index (Phi) is 4.91. The molecule has 0 bridgehead atoms. The molecule has 0 N–H and O–H groups in total. The third kappa shape index (κ3) is 2.78. The highest BCUT2D eigenvalue weighted by Gasteiger charge is 2.41. The van der Waals surface area contributed by atoms with E-state index in [1.165, 1.54) is 15.7 Å². The van der Waals surface area contributed by atoms with Gasteiger partial charge in [0.05, 0.1) is 7.11 Å². The van der Waals surface area contributed by atoms with E-state index in [0.29, 0.717) is 32.5 Å². The summed E-state index contributed by atoms with van der Waals surface area (Å²) in [6.07, 6.45) is 1.23. The summed E-state index contributed by atoms with van der Waals surface area (Å²) in [5.41, 5.74) is 0. The standard InChI is InChI=1S/C10H20N2O4S/c1-4-11(5-2)17(14,15)12-8-6-7-9(12)10(13)16-3/h9H,4-8H2,1-3H3. The van der Waals surface area contributed by atoms with E-state index in [-0.39, 0.29) is 0 Å². The Labute approximate surface area is 103 Å². The van der Waals surface area contributed by atoms with Gasteiger partial charge in [-0.3, -0.25) is 4.79 Å². The fourth-order valence-corrected chi connectivity index (χ4v) is 3.91. The van der Waals surface area contributed by atoms with Crippen LogP contribution in [0.1, 0.15) is 26.7 Å². The van der Waals surface area contributed by atoms with Gasteiger partial charge in [-0.25, -0.2) is 0 Å². The Morgan fingerprint density at radius 3 is 2.47 bits per heavy atom. The normalized spacial score (nSPS) is 22.0. The highest BCUT2D eigenvalue weighted by Crippen LogP contribution is 2.23.